The van der Waals surface area contributed by atoms with Crippen molar-refractivity contribution in [3.63, 3.8) is 0 Å². The van der Waals surface area contributed by atoms with Gasteiger partial charge >= 0.3 is 0 Å². The van der Waals surface area contributed by atoms with Gasteiger partial charge in [0.1, 0.15) is 18.0 Å². The third-order valence-electron chi connectivity index (χ3n) is 3.57. The SMILES string of the molecule is C[C@H](O)CONC(=O)c1c(F)cn2cncc2c1Nc1ccc(I)cc1F. The molecular formula is C17H15F2IN4O3. The molecule has 0 saturated heterocycles. The summed E-state index contributed by atoms with van der Waals surface area (Å²) in [6.45, 7) is 1.30. The molecule has 10 heteroatoms. The maximum Gasteiger partial charge on any atom is 0.280 e. The van der Waals surface area contributed by atoms with Crippen LogP contribution in [0.4, 0.5) is 20.2 Å². The van der Waals surface area contributed by atoms with Crippen LogP contribution < -0.4 is 10.8 Å². The van der Waals surface area contributed by atoms with E-state index in [1.807, 2.05) is 22.6 Å². The first-order chi connectivity index (χ1) is 12.9. The Labute approximate surface area is 166 Å². The van der Waals surface area contributed by atoms with Gasteiger partial charge in [-0.25, -0.2) is 19.2 Å². The van der Waals surface area contributed by atoms with Gasteiger partial charge in [-0.2, -0.15) is 0 Å². The van der Waals surface area contributed by atoms with Gasteiger partial charge in [-0.3, -0.25) is 9.63 Å². The van der Waals surface area contributed by atoms with Crippen molar-refractivity contribution >= 4 is 45.4 Å². The number of anilines is 2. The zero-order valence-corrected chi connectivity index (χ0v) is 16.2. The fraction of sp³-hybridized carbons (Fsp3) is 0.176. The zero-order chi connectivity index (χ0) is 19.6. The summed E-state index contributed by atoms with van der Waals surface area (Å²) >= 11 is 1.97. The molecular weight excluding hydrogens is 473 g/mol. The fourth-order valence-corrected chi connectivity index (χ4v) is 2.84. The summed E-state index contributed by atoms with van der Waals surface area (Å²) in [6, 6.07) is 4.46. The minimum Gasteiger partial charge on any atom is -0.391 e. The maximum absolute atomic E-state index is 14.6. The number of aliphatic hydroxyl groups is 1. The first kappa shape index (κ1) is 19.5. The number of carbonyl (C=O) groups excluding carboxylic acids is 1. The number of aromatic nitrogens is 2. The van der Waals surface area contributed by atoms with E-state index in [1.165, 1.54) is 36.0 Å². The van der Waals surface area contributed by atoms with E-state index in [1.54, 1.807) is 6.07 Å². The van der Waals surface area contributed by atoms with Gasteiger partial charge in [-0.1, -0.05) is 0 Å². The molecule has 0 spiro atoms. The largest absolute Gasteiger partial charge is 0.391 e. The number of benzene rings is 1. The van der Waals surface area contributed by atoms with Gasteiger partial charge in [0.25, 0.3) is 5.91 Å². The molecule has 2 aromatic heterocycles. The van der Waals surface area contributed by atoms with Crippen molar-refractivity contribution in [1.29, 1.82) is 0 Å². The lowest BCUT2D eigenvalue weighted by molar-refractivity contribution is -0.00700. The van der Waals surface area contributed by atoms with E-state index in [0.717, 1.165) is 6.20 Å². The van der Waals surface area contributed by atoms with E-state index in [4.69, 9.17) is 4.84 Å². The van der Waals surface area contributed by atoms with E-state index >= 15 is 0 Å². The summed E-state index contributed by atoms with van der Waals surface area (Å²) in [5.74, 6) is -2.29. The van der Waals surface area contributed by atoms with Crippen LogP contribution in [0.25, 0.3) is 5.52 Å². The van der Waals surface area contributed by atoms with Crippen molar-refractivity contribution in [2.45, 2.75) is 13.0 Å². The Balaban J connectivity index is 2.03. The maximum atomic E-state index is 14.6. The average molecular weight is 488 g/mol. The molecule has 7 nitrogen and oxygen atoms in total. The Morgan fingerprint density at radius 3 is 2.89 bits per heavy atom. The van der Waals surface area contributed by atoms with E-state index in [9.17, 15) is 18.7 Å². The number of halogens is 3. The Bertz CT molecular complexity index is 994. The molecule has 3 rings (SSSR count). The number of nitrogens with one attached hydrogen (secondary N) is 2. The molecule has 27 heavy (non-hydrogen) atoms. The Morgan fingerprint density at radius 2 is 2.19 bits per heavy atom. The summed E-state index contributed by atoms with van der Waals surface area (Å²) in [6.07, 6.45) is 3.05. The van der Waals surface area contributed by atoms with Crippen molar-refractivity contribution in [2.75, 3.05) is 11.9 Å². The van der Waals surface area contributed by atoms with Gasteiger partial charge in [0.05, 0.1) is 35.5 Å². The van der Waals surface area contributed by atoms with Crippen LogP contribution in [-0.4, -0.2) is 33.1 Å². The van der Waals surface area contributed by atoms with Crippen LogP contribution >= 0.6 is 22.6 Å². The van der Waals surface area contributed by atoms with Gasteiger partial charge in [0.2, 0.25) is 0 Å². The van der Waals surface area contributed by atoms with Crippen molar-refractivity contribution in [3.8, 4) is 0 Å². The number of nitrogens with zero attached hydrogens (tertiary/aromatic N) is 2. The highest BCUT2D eigenvalue weighted by atomic mass is 127. The number of hydrogen-bond donors (Lipinski definition) is 3. The highest BCUT2D eigenvalue weighted by Gasteiger charge is 2.22. The molecule has 0 saturated carbocycles. The molecule has 3 aromatic rings. The number of fused-ring (bicyclic) bond motifs is 1. The Hall–Kier alpha value is -2.31. The molecule has 0 fully saturated rings. The number of imidazole rings is 1. The highest BCUT2D eigenvalue weighted by molar-refractivity contribution is 14.1. The summed E-state index contributed by atoms with van der Waals surface area (Å²) < 4.78 is 30.9. The number of hydrogen-bond acceptors (Lipinski definition) is 5. The predicted molar refractivity (Wildman–Crippen MR) is 103 cm³/mol. The quantitative estimate of drug-likeness (QED) is 0.367. The normalized spacial score (nSPS) is 12.2. The van der Waals surface area contributed by atoms with Gasteiger partial charge < -0.3 is 14.8 Å². The molecule has 0 radical (unpaired) electrons. The van der Waals surface area contributed by atoms with Crippen molar-refractivity contribution in [2.24, 2.45) is 0 Å². The number of rotatable bonds is 6. The molecule has 1 atom stereocenters. The van der Waals surface area contributed by atoms with Crippen molar-refractivity contribution in [3.05, 3.63) is 57.7 Å². The molecule has 142 valence electrons. The molecule has 1 amide bonds. The monoisotopic (exact) mass is 488 g/mol. The van der Waals surface area contributed by atoms with E-state index < -0.39 is 23.6 Å². The first-order valence-electron chi connectivity index (χ1n) is 7.83. The molecule has 0 aliphatic heterocycles. The van der Waals surface area contributed by atoms with Crippen molar-refractivity contribution < 1.29 is 23.5 Å². The molecule has 0 aliphatic carbocycles. The average Bonchev–Trinajstić information content (AvgIpc) is 3.04. The Kier molecular flexibility index (Phi) is 5.87. The van der Waals surface area contributed by atoms with Crippen LogP contribution in [0.3, 0.4) is 0 Å². The van der Waals surface area contributed by atoms with Crippen LogP contribution in [0.1, 0.15) is 17.3 Å². The third-order valence-corrected chi connectivity index (χ3v) is 4.24. The van der Waals surface area contributed by atoms with Crippen LogP contribution in [0.5, 0.6) is 0 Å². The van der Waals surface area contributed by atoms with Crippen LogP contribution in [-0.2, 0) is 4.84 Å². The first-order valence-corrected chi connectivity index (χ1v) is 8.91. The highest BCUT2D eigenvalue weighted by Crippen LogP contribution is 2.30. The number of hydroxylamine groups is 1. The summed E-state index contributed by atoms with van der Waals surface area (Å²) in [4.78, 5) is 21.2. The lowest BCUT2D eigenvalue weighted by Gasteiger charge is -2.15. The van der Waals surface area contributed by atoms with Crippen molar-refractivity contribution in [1.82, 2.24) is 14.9 Å². The van der Waals surface area contributed by atoms with Gasteiger partial charge in [-0.05, 0) is 47.7 Å². The van der Waals surface area contributed by atoms with Crippen LogP contribution in [0.2, 0.25) is 0 Å². The molecule has 3 N–H and O–H groups in total. The lowest BCUT2D eigenvalue weighted by atomic mass is 10.1. The second-order valence-corrected chi connectivity index (χ2v) is 7.00. The third kappa shape index (κ3) is 4.34. The summed E-state index contributed by atoms with van der Waals surface area (Å²) in [5, 5.41) is 12.0. The van der Waals surface area contributed by atoms with E-state index in [2.05, 4.69) is 15.8 Å². The smallest absolute Gasteiger partial charge is 0.280 e. The lowest BCUT2D eigenvalue weighted by Crippen LogP contribution is -2.29. The predicted octanol–water partition coefficient (Wildman–Crippen LogP) is 3.00. The summed E-state index contributed by atoms with van der Waals surface area (Å²) in [5.41, 5.74) is 2.18. The molecule has 2 heterocycles. The molecule has 0 unspecified atom stereocenters. The van der Waals surface area contributed by atoms with Crippen LogP contribution in [0.15, 0.2) is 36.9 Å². The second-order valence-electron chi connectivity index (χ2n) is 5.75. The number of carbonyl (C=O) groups is 1. The molecule has 0 bridgehead atoms. The van der Waals surface area contributed by atoms with E-state index in [-0.39, 0.29) is 23.5 Å². The fourth-order valence-electron chi connectivity index (χ4n) is 2.39. The standard InChI is InChI=1S/C17H15F2IN4O3/c1-9(25)7-27-23-17(26)15-12(19)6-24-8-21-5-14(24)16(15)22-13-3-2-10(20)4-11(13)18/h2-6,8-9,22,25H,7H2,1H3,(H,23,26)/t9-/m0/s1. The number of aliphatic hydroxyl groups excluding tert-OH is 1. The van der Waals surface area contributed by atoms with Gasteiger partial charge in [-0.15, -0.1) is 0 Å². The number of pyridine rings is 1. The van der Waals surface area contributed by atoms with E-state index in [0.29, 0.717) is 9.09 Å². The molecule has 1 aromatic carbocycles. The van der Waals surface area contributed by atoms with Gasteiger partial charge in [0, 0.05) is 9.77 Å². The molecule has 0 aliphatic rings. The topological polar surface area (TPSA) is 87.9 Å². The minimum absolute atomic E-state index is 0.0331. The Morgan fingerprint density at radius 1 is 1.41 bits per heavy atom. The second kappa shape index (κ2) is 8.15. The number of amides is 1. The summed E-state index contributed by atoms with van der Waals surface area (Å²) in [7, 11) is 0. The zero-order valence-electron chi connectivity index (χ0n) is 14.0. The van der Waals surface area contributed by atoms with Crippen LogP contribution in [0, 0.1) is 15.2 Å². The van der Waals surface area contributed by atoms with Gasteiger partial charge in [0.15, 0.2) is 5.82 Å². The minimum atomic E-state index is -0.884.